The molecule has 1 aromatic carbocycles. The SMILES string of the molecule is CCOc1ccccc1OCC1(O)CCNCC1.Cl. The van der Waals surface area contributed by atoms with Gasteiger partial charge in [-0.05, 0) is 45.0 Å². The third-order valence-corrected chi connectivity index (χ3v) is 3.18. The molecule has 4 nitrogen and oxygen atoms in total. The third kappa shape index (κ3) is 4.56. The summed E-state index contributed by atoms with van der Waals surface area (Å²) < 4.78 is 11.2. The largest absolute Gasteiger partial charge is 0.490 e. The highest BCUT2D eigenvalue weighted by atomic mass is 35.5. The van der Waals surface area contributed by atoms with Crippen molar-refractivity contribution < 1.29 is 14.6 Å². The zero-order chi connectivity index (χ0) is 12.8. The van der Waals surface area contributed by atoms with Gasteiger partial charge in [-0.3, -0.25) is 0 Å². The number of rotatable bonds is 5. The first-order chi connectivity index (χ1) is 8.73. The predicted octanol–water partition coefficient (Wildman–Crippen LogP) is 2.00. The van der Waals surface area contributed by atoms with Crippen molar-refractivity contribution >= 4 is 12.4 Å². The Kier molecular flexibility index (Phi) is 6.42. The van der Waals surface area contributed by atoms with Gasteiger partial charge in [0.2, 0.25) is 0 Å². The molecule has 2 rings (SSSR count). The van der Waals surface area contributed by atoms with Crippen molar-refractivity contribution in [1.82, 2.24) is 5.32 Å². The van der Waals surface area contributed by atoms with E-state index in [1.165, 1.54) is 0 Å². The van der Waals surface area contributed by atoms with Gasteiger partial charge in [0.1, 0.15) is 12.2 Å². The van der Waals surface area contributed by atoms with Crippen LogP contribution in [0.1, 0.15) is 19.8 Å². The van der Waals surface area contributed by atoms with Crippen LogP contribution in [0.4, 0.5) is 0 Å². The monoisotopic (exact) mass is 287 g/mol. The first-order valence-corrected chi connectivity index (χ1v) is 6.51. The maximum absolute atomic E-state index is 10.3. The summed E-state index contributed by atoms with van der Waals surface area (Å²) >= 11 is 0. The smallest absolute Gasteiger partial charge is 0.161 e. The van der Waals surface area contributed by atoms with Crippen LogP contribution in [-0.4, -0.2) is 37.0 Å². The fraction of sp³-hybridized carbons (Fsp3) is 0.571. The Morgan fingerprint density at radius 1 is 1.16 bits per heavy atom. The molecule has 1 fully saturated rings. The normalized spacial score (nSPS) is 17.4. The Hall–Kier alpha value is -0.970. The number of nitrogens with one attached hydrogen (secondary N) is 1. The molecule has 1 heterocycles. The Morgan fingerprint density at radius 3 is 2.32 bits per heavy atom. The topological polar surface area (TPSA) is 50.7 Å². The summed E-state index contributed by atoms with van der Waals surface area (Å²) in [4.78, 5) is 0. The van der Waals surface area contributed by atoms with Gasteiger partial charge in [-0.25, -0.2) is 0 Å². The van der Waals surface area contributed by atoms with Gasteiger partial charge in [0.25, 0.3) is 0 Å². The fourth-order valence-electron chi connectivity index (χ4n) is 2.09. The second-order valence-electron chi connectivity index (χ2n) is 4.64. The highest BCUT2D eigenvalue weighted by Gasteiger charge is 2.30. The van der Waals surface area contributed by atoms with Crippen molar-refractivity contribution in [3.63, 3.8) is 0 Å². The Morgan fingerprint density at radius 2 is 1.74 bits per heavy atom. The number of halogens is 1. The van der Waals surface area contributed by atoms with Gasteiger partial charge in [0.05, 0.1) is 6.61 Å². The molecular weight excluding hydrogens is 266 g/mol. The van der Waals surface area contributed by atoms with Gasteiger partial charge >= 0.3 is 0 Å². The van der Waals surface area contributed by atoms with Gasteiger partial charge in [-0.1, -0.05) is 12.1 Å². The minimum absolute atomic E-state index is 0. The van der Waals surface area contributed by atoms with E-state index >= 15 is 0 Å². The van der Waals surface area contributed by atoms with Gasteiger partial charge < -0.3 is 19.9 Å². The van der Waals surface area contributed by atoms with E-state index in [0.29, 0.717) is 19.0 Å². The van der Waals surface area contributed by atoms with Gasteiger partial charge in [0, 0.05) is 0 Å². The standard InChI is InChI=1S/C14H21NO3.ClH/c1-2-17-12-5-3-4-6-13(12)18-11-14(16)7-9-15-10-8-14;/h3-6,15-16H,2,7-11H2,1H3;1H. The van der Waals surface area contributed by atoms with Crippen LogP contribution >= 0.6 is 12.4 Å². The van der Waals surface area contributed by atoms with E-state index in [1.807, 2.05) is 31.2 Å². The van der Waals surface area contributed by atoms with Gasteiger partial charge in [-0.15, -0.1) is 12.4 Å². The van der Waals surface area contributed by atoms with Crippen molar-refractivity contribution in [2.45, 2.75) is 25.4 Å². The molecule has 0 unspecified atom stereocenters. The van der Waals surface area contributed by atoms with E-state index in [2.05, 4.69) is 5.32 Å². The Bertz CT molecular complexity index is 381. The zero-order valence-corrected chi connectivity index (χ0v) is 12.0. The van der Waals surface area contributed by atoms with Gasteiger partial charge in [0.15, 0.2) is 11.5 Å². The van der Waals surface area contributed by atoms with Crippen LogP contribution in [0.15, 0.2) is 24.3 Å². The summed E-state index contributed by atoms with van der Waals surface area (Å²) in [5.74, 6) is 1.43. The van der Waals surface area contributed by atoms with Crippen LogP contribution in [0.5, 0.6) is 11.5 Å². The van der Waals surface area contributed by atoms with Crippen molar-refractivity contribution in [2.75, 3.05) is 26.3 Å². The molecule has 0 amide bonds. The molecule has 5 heteroatoms. The lowest BCUT2D eigenvalue weighted by Crippen LogP contribution is -2.46. The van der Waals surface area contributed by atoms with E-state index in [9.17, 15) is 5.11 Å². The molecule has 0 spiro atoms. The number of benzene rings is 1. The second-order valence-corrected chi connectivity index (χ2v) is 4.64. The second kappa shape index (κ2) is 7.58. The summed E-state index contributed by atoms with van der Waals surface area (Å²) in [7, 11) is 0. The minimum atomic E-state index is -0.718. The summed E-state index contributed by atoms with van der Waals surface area (Å²) in [6.07, 6.45) is 1.45. The molecule has 1 aliphatic heterocycles. The van der Waals surface area contributed by atoms with E-state index < -0.39 is 5.60 Å². The molecule has 108 valence electrons. The first-order valence-electron chi connectivity index (χ1n) is 6.51. The molecule has 1 aliphatic rings. The average Bonchev–Trinajstić information content (AvgIpc) is 2.39. The molecular formula is C14H22ClNO3. The van der Waals surface area contributed by atoms with Crippen LogP contribution in [0, 0.1) is 0 Å². The zero-order valence-electron chi connectivity index (χ0n) is 11.2. The van der Waals surface area contributed by atoms with Crippen molar-refractivity contribution in [3.8, 4) is 11.5 Å². The lowest BCUT2D eigenvalue weighted by atomic mass is 9.93. The fourth-order valence-corrected chi connectivity index (χ4v) is 2.09. The van der Waals surface area contributed by atoms with Crippen LogP contribution in [0.2, 0.25) is 0 Å². The molecule has 0 atom stereocenters. The maximum Gasteiger partial charge on any atom is 0.161 e. The van der Waals surface area contributed by atoms with E-state index in [-0.39, 0.29) is 12.4 Å². The Balaban J connectivity index is 0.00000180. The van der Waals surface area contributed by atoms with Crippen LogP contribution in [0.3, 0.4) is 0 Å². The quantitative estimate of drug-likeness (QED) is 0.870. The van der Waals surface area contributed by atoms with E-state index in [1.54, 1.807) is 0 Å². The molecule has 19 heavy (non-hydrogen) atoms. The Labute approximate surface area is 120 Å². The number of aliphatic hydroxyl groups is 1. The lowest BCUT2D eigenvalue weighted by Gasteiger charge is -2.32. The maximum atomic E-state index is 10.3. The first kappa shape index (κ1) is 16.1. The van der Waals surface area contributed by atoms with Crippen LogP contribution < -0.4 is 14.8 Å². The van der Waals surface area contributed by atoms with E-state index in [4.69, 9.17) is 9.47 Å². The number of hydrogen-bond acceptors (Lipinski definition) is 4. The number of para-hydroxylation sites is 2. The van der Waals surface area contributed by atoms with Crippen LogP contribution in [-0.2, 0) is 0 Å². The number of ether oxygens (including phenoxy) is 2. The number of piperidine rings is 1. The van der Waals surface area contributed by atoms with E-state index in [0.717, 1.165) is 31.7 Å². The minimum Gasteiger partial charge on any atom is -0.490 e. The van der Waals surface area contributed by atoms with Crippen molar-refractivity contribution in [2.24, 2.45) is 0 Å². The molecule has 0 saturated carbocycles. The summed E-state index contributed by atoms with van der Waals surface area (Å²) in [5, 5.41) is 13.6. The molecule has 0 aromatic heterocycles. The summed E-state index contributed by atoms with van der Waals surface area (Å²) in [5.41, 5.74) is -0.718. The van der Waals surface area contributed by atoms with Crippen molar-refractivity contribution in [3.05, 3.63) is 24.3 Å². The molecule has 1 saturated heterocycles. The summed E-state index contributed by atoms with van der Waals surface area (Å²) in [6, 6.07) is 7.57. The lowest BCUT2D eigenvalue weighted by molar-refractivity contribution is -0.0291. The molecule has 2 N–H and O–H groups in total. The predicted molar refractivity (Wildman–Crippen MR) is 77.4 cm³/mol. The number of hydrogen-bond donors (Lipinski definition) is 2. The van der Waals surface area contributed by atoms with Crippen molar-refractivity contribution in [1.29, 1.82) is 0 Å². The molecule has 0 radical (unpaired) electrons. The molecule has 0 aliphatic carbocycles. The highest BCUT2D eigenvalue weighted by Crippen LogP contribution is 2.28. The molecule has 1 aromatic rings. The summed E-state index contributed by atoms with van der Waals surface area (Å²) in [6.45, 7) is 4.55. The molecule has 0 bridgehead atoms. The average molecular weight is 288 g/mol. The highest BCUT2D eigenvalue weighted by molar-refractivity contribution is 5.85. The third-order valence-electron chi connectivity index (χ3n) is 3.18. The van der Waals surface area contributed by atoms with Gasteiger partial charge in [-0.2, -0.15) is 0 Å². The van der Waals surface area contributed by atoms with Crippen LogP contribution in [0.25, 0.3) is 0 Å².